The molecule has 0 bridgehead atoms. The van der Waals surface area contributed by atoms with Crippen molar-refractivity contribution in [3.8, 4) is 17.5 Å². The predicted molar refractivity (Wildman–Crippen MR) is 97.2 cm³/mol. The largest absolute Gasteiger partial charge is 0.454 e. The van der Waals surface area contributed by atoms with Gasteiger partial charge in [0.2, 0.25) is 0 Å². The van der Waals surface area contributed by atoms with Gasteiger partial charge in [0.05, 0.1) is 5.57 Å². The lowest BCUT2D eigenvalue weighted by molar-refractivity contribution is 0.627. The summed E-state index contributed by atoms with van der Waals surface area (Å²) < 4.78 is 18.8. The second-order valence-electron chi connectivity index (χ2n) is 5.41. The van der Waals surface area contributed by atoms with Crippen LogP contribution < -0.4 is 0 Å². The van der Waals surface area contributed by atoms with E-state index in [1.807, 2.05) is 35.7 Å². The predicted octanol–water partition coefficient (Wildman–Crippen LogP) is 5.76. The van der Waals surface area contributed by atoms with Crippen molar-refractivity contribution in [3.05, 3.63) is 76.4 Å². The van der Waals surface area contributed by atoms with Crippen LogP contribution in [0.3, 0.4) is 0 Å². The van der Waals surface area contributed by atoms with Crippen LogP contribution >= 0.6 is 11.3 Å². The maximum absolute atomic E-state index is 13.0. The van der Waals surface area contributed by atoms with Crippen molar-refractivity contribution in [2.75, 3.05) is 0 Å². The first-order valence-corrected chi connectivity index (χ1v) is 8.43. The van der Waals surface area contributed by atoms with Crippen molar-refractivity contribution in [3.63, 3.8) is 0 Å². The molecule has 2 aromatic carbocycles. The van der Waals surface area contributed by atoms with Gasteiger partial charge in [-0.15, -0.1) is 11.3 Å². The standard InChI is InChI=1S/C20H11FN2OS/c21-16-7-5-13(6-8-16)9-15(11-22)20-23-17(12-25-20)19-10-14-3-1-2-4-18(14)24-19/h1-10,12H. The number of furan rings is 1. The minimum atomic E-state index is -0.308. The van der Waals surface area contributed by atoms with E-state index in [-0.39, 0.29) is 5.82 Å². The van der Waals surface area contributed by atoms with Crippen molar-refractivity contribution in [1.29, 1.82) is 5.26 Å². The van der Waals surface area contributed by atoms with Crippen molar-refractivity contribution in [2.45, 2.75) is 0 Å². The van der Waals surface area contributed by atoms with E-state index in [2.05, 4.69) is 11.1 Å². The average molecular weight is 346 g/mol. The van der Waals surface area contributed by atoms with E-state index in [1.165, 1.54) is 23.5 Å². The van der Waals surface area contributed by atoms with Crippen molar-refractivity contribution >= 4 is 34.0 Å². The lowest BCUT2D eigenvalue weighted by Crippen LogP contribution is -1.82. The summed E-state index contributed by atoms with van der Waals surface area (Å²) in [4.78, 5) is 4.52. The van der Waals surface area contributed by atoms with E-state index in [9.17, 15) is 9.65 Å². The van der Waals surface area contributed by atoms with E-state index in [1.54, 1.807) is 18.2 Å². The molecule has 0 unspecified atom stereocenters. The number of fused-ring (bicyclic) bond motifs is 1. The van der Waals surface area contributed by atoms with Gasteiger partial charge in [0, 0.05) is 10.8 Å². The smallest absolute Gasteiger partial charge is 0.154 e. The Hall–Kier alpha value is -3.23. The second-order valence-corrected chi connectivity index (χ2v) is 6.27. The van der Waals surface area contributed by atoms with Crippen molar-refractivity contribution in [1.82, 2.24) is 4.98 Å². The molecular formula is C20H11FN2OS. The number of aromatic nitrogens is 1. The Kier molecular flexibility index (Phi) is 3.88. The lowest BCUT2D eigenvalue weighted by atomic mass is 10.1. The first kappa shape index (κ1) is 15.3. The van der Waals surface area contributed by atoms with Gasteiger partial charge in [0.1, 0.15) is 28.2 Å². The third-order valence-corrected chi connectivity index (χ3v) is 4.59. The molecule has 0 amide bonds. The zero-order chi connectivity index (χ0) is 17.2. The Labute approximate surface area is 147 Å². The summed E-state index contributed by atoms with van der Waals surface area (Å²) in [5, 5.41) is 12.9. The molecule has 2 aromatic heterocycles. The lowest BCUT2D eigenvalue weighted by Gasteiger charge is -1.95. The van der Waals surface area contributed by atoms with E-state index < -0.39 is 0 Å². The molecule has 0 aliphatic carbocycles. The van der Waals surface area contributed by atoms with Crippen LogP contribution in [0.4, 0.5) is 4.39 Å². The Morgan fingerprint density at radius 2 is 1.96 bits per heavy atom. The molecule has 0 fully saturated rings. The second kappa shape index (κ2) is 6.34. The average Bonchev–Trinajstić information content (AvgIpc) is 3.28. The van der Waals surface area contributed by atoms with Gasteiger partial charge in [0.25, 0.3) is 0 Å². The fraction of sp³-hybridized carbons (Fsp3) is 0. The topological polar surface area (TPSA) is 49.8 Å². The molecule has 2 heterocycles. The van der Waals surface area contributed by atoms with Gasteiger partial charge in [-0.25, -0.2) is 9.37 Å². The van der Waals surface area contributed by atoms with Gasteiger partial charge in [-0.1, -0.05) is 30.3 Å². The summed E-state index contributed by atoms with van der Waals surface area (Å²) >= 11 is 1.37. The van der Waals surface area contributed by atoms with E-state index in [0.29, 0.717) is 22.0 Å². The van der Waals surface area contributed by atoms with Crippen LogP contribution in [-0.4, -0.2) is 4.98 Å². The summed E-state index contributed by atoms with van der Waals surface area (Å²) in [5.41, 5.74) is 2.67. The maximum atomic E-state index is 13.0. The molecule has 5 heteroatoms. The fourth-order valence-electron chi connectivity index (χ4n) is 2.49. The summed E-state index contributed by atoms with van der Waals surface area (Å²) in [6, 6.07) is 17.8. The molecule has 0 spiro atoms. The zero-order valence-corrected chi connectivity index (χ0v) is 13.8. The van der Waals surface area contributed by atoms with Gasteiger partial charge in [-0.3, -0.25) is 0 Å². The summed E-state index contributed by atoms with van der Waals surface area (Å²) in [5.74, 6) is 0.361. The summed E-state index contributed by atoms with van der Waals surface area (Å²) in [7, 11) is 0. The Morgan fingerprint density at radius 3 is 2.72 bits per heavy atom. The number of rotatable bonds is 3. The SMILES string of the molecule is N#CC(=Cc1ccc(F)cc1)c1nc(-c2cc3ccccc3o2)cs1. The highest BCUT2D eigenvalue weighted by atomic mass is 32.1. The third kappa shape index (κ3) is 3.08. The number of benzene rings is 2. The molecular weight excluding hydrogens is 335 g/mol. The molecule has 120 valence electrons. The number of nitriles is 1. The Morgan fingerprint density at radius 1 is 1.16 bits per heavy atom. The highest BCUT2D eigenvalue weighted by Crippen LogP contribution is 2.31. The van der Waals surface area contributed by atoms with Crippen LogP contribution in [0.2, 0.25) is 0 Å². The number of thiazole rings is 1. The van der Waals surface area contributed by atoms with E-state index >= 15 is 0 Å². The molecule has 0 N–H and O–H groups in total. The molecule has 0 aliphatic heterocycles. The molecule has 0 saturated heterocycles. The molecule has 0 saturated carbocycles. The van der Waals surface area contributed by atoms with Crippen molar-refractivity contribution < 1.29 is 8.81 Å². The van der Waals surface area contributed by atoms with Crippen LogP contribution in [0.1, 0.15) is 10.6 Å². The highest BCUT2D eigenvalue weighted by Gasteiger charge is 2.12. The van der Waals surface area contributed by atoms with Gasteiger partial charge in [0.15, 0.2) is 5.76 Å². The Bertz CT molecular complexity index is 1080. The third-order valence-electron chi connectivity index (χ3n) is 3.71. The summed E-state index contributed by atoms with van der Waals surface area (Å²) in [6.45, 7) is 0. The van der Waals surface area contributed by atoms with Gasteiger partial charge in [-0.2, -0.15) is 5.26 Å². The number of para-hydroxylation sites is 1. The molecule has 0 aliphatic rings. The highest BCUT2D eigenvalue weighted by molar-refractivity contribution is 7.11. The fourth-order valence-corrected chi connectivity index (χ4v) is 3.26. The normalized spacial score (nSPS) is 11.6. The number of nitrogens with zero attached hydrogens (tertiary/aromatic N) is 2. The van der Waals surface area contributed by atoms with Crippen LogP contribution in [-0.2, 0) is 0 Å². The monoisotopic (exact) mass is 346 g/mol. The number of allylic oxidation sites excluding steroid dienone is 1. The van der Waals surface area contributed by atoms with Crippen LogP contribution in [0.15, 0.2) is 64.4 Å². The summed E-state index contributed by atoms with van der Waals surface area (Å²) in [6.07, 6.45) is 1.70. The minimum absolute atomic E-state index is 0.308. The van der Waals surface area contributed by atoms with Crippen LogP contribution in [0.25, 0.3) is 34.1 Å². The van der Waals surface area contributed by atoms with Gasteiger partial charge >= 0.3 is 0 Å². The zero-order valence-electron chi connectivity index (χ0n) is 12.9. The first-order chi connectivity index (χ1) is 12.2. The number of hydrogen-bond donors (Lipinski definition) is 0. The molecule has 4 aromatic rings. The van der Waals surface area contributed by atoms with E-state index in [4.69, 9.17) is 4.42 Å². The molecule has 0 radical (unpaired) electrons. The van der Waals surface area contributed by atoms with Crippen LogP contribution in [0, 0.1) is 17.1 Å². The minimum Gasteiger partial charge on any atom is -0.454 e. The maximum Gasteiger partial charge on any atom is 0.154 e. The molecule has 0 atom stereocenters. The quantitative estimate of drug-likeness (QED) is 0.443. The molecule has 25 heavy (non-hydrogen) atoms. The van der Waals surface area contributed by atoms with Crippen molar-refractivity contribution in [2.24, 2.45) is 0 Å². The van der Waals surface area contributed by atoms with Gasteiger partial charge in [-0.05, 0) is 35.9 Å². The number of hydrogen-bond acceptors (Lipinski definition) is 4. The van der Waals surface area contributed by atoms with E-state index in [0.717, 1.165) is 16.5 Å². The molecule has 4 rings (SSSR count). The Balaban J connectivity index is 1.69. The van der Waals surface area contributed by atoms with Gasteiger partial charge < -0.3 is 4.42 Å². The number of halogens is 1. The van der Waals surface area contributed by atoms with Crippen LogP contribution in [0.5, 0.6) is 0 Å². The first-order valence-electron chi connectivity index (χ1n) is 7.55. The molecule has 3 nitrogen and oxygen atoms in total.